The van der Waals surface area contributed by atoms with Gasteiger partial charge in [-0.25, -0.2) is 0 Å². The highest BCUT2D eigenvalue weighted by Gasteiger charge is 2.33. The van der Waals surface area contributed by atoms with Gasteiger partial charge in [0.1, 0.15) is 0 Å². The minimum atomic E-state index is 0.278. The molecule has 0 fully saturated rings. The molecule has 0 bridgehead atoms. The van der Waals surface area contributed by atoms with Gasteiger partial charge in [0.25, 0.3) is 0 Å². The van der Waals surface area contributed by atoms with Crippen molar-refractivity contribution >= 4 is 39.4 Å². The number of benzene rings is 2. The van der Waals surface area contributed by atoms with E-state index >= 15 is 0 Å². The zero-order valence-electron chi connectivity index (χ0n) is 15.5. The number of hydrogen-bond donors (Lipinski definition) is 0. The first kappa shape index (κ1) is 16.4. The Kier molecular flexibility index (Phi) is 3.64. The zero-order valence-corrected chi connectivity index (χ0v) is 17.1. The van der Waals surface area contributed by atoms with Gasteiger partial charge in [0.05, 0.1) is 26.8 Å². The van der Waals surface area contributed by atoms with Crippen LogP contribution in [0.1, 0.15) is 46.9 Å². The molecule has 136 valence electrons. The standard InChI is InChI=1S/C26H20BrN/c27-28-23-13-7-12-19-14-21(18-10-5-2-6-11-18)22-15-20(17-8-3-1-4-9-17)16-24(28)26(22)25(19)23/h1-6,8-11,13-16,19-20H,7,12H2. The van der Waals surface area contributed by atoms with Gasteiger partial charge in [0.2, 0.25) is 0 Å². The summed E-state index contributed by atoms with van der Waals surface area (Å²) in [7, 11) is 0. The maximum absolute atomic E-state index is 3.89. The molecule has 0 saturated carbocycles. The van der Waals surface area contributed by atoms with Gasteiger partial charge in [0, 0.05) is 17.4 Å². The molecule has 2 aromatic carbocycles. The second-order valence-corrected chi connectivity index (χ2v) is 8.57. The second kappa shape index (κ2) is 6.22. The summed E-state index contributed by atoms with van der Waals surface area (Å²) in [5.41, 5.74) is 8.37. The van der Waals surface area contributed by atoms with Crippen molar-refractivity contribution in [3.8, 4) is 0 Å². The van der Waals surface area contributed by atoms with Gasteiger partial charge in [-0.1, -0.05) is 78.9 Å². The third-order valence-corrected chi connectivity index (χ3v) is 7.06. The van der Waals surface area contributed by atoms with Gasteiger partial charge >= 0.3 is 0 Å². The van der Waals surface area contributed by atoms with E-state index in [-0.39, 0.29) is 5.92 Å². The van der Waals surface area contributed by atoms with E-state index in [1.165, 1.54) is 50.5 Å². The summed E-state index contributed by atoms with van der Waals surface area (Å²) in [6.07, 6.45) is 12.1. The fraction of sp³-hybridized carbons (Fsp3) is 0.154. The Morgan fingerprint density at radius 1 is 0.786 bits per heavy atom. The van der Waals surface area contributed by atoms with E-state index in [0.717, 1.165) is 6.42 Å². The molecule has 1 nitrogen and oxygen atoms in total. The van der Waals surface area contributed by atoms with Crippen LogP contribution in [-0.2, 0) is 0 Å². The SMILES string of the molecule is Brn1c2c3c4c1=CCCC4C=C(c1ccccc1)C3=CC(c1ccccc1)C=2. The van der Waals surface area contributed by atoms with Crippen molar-refractivity contribution in [3.63, 3.8) is 0 Å². The largest absolute Gasteiger partial charge is 0.277 e. The average Bonchev–Trinajstić information content (AvgIpc) is 3.06. The average molecular weight is 426 g/mol. The monoisotopic (exact) mass is 425 g/mol. The number of nitrogens with zero attached hydrogens (tertiary/aromatic N) is 1. The molecule has 6 rings (SSSR count). The minimum Gasteiger partial charge on any atom is -0.277 e. The molecule has 3 aliphatic rings. The van der Waals surface area contributed by atoms with E-state index in [1.807, 2.05) is 0 Å². The number of halogens is 1. The van der Waals surface area contributed by atoms with Crippen LogP contribution in [0.5, 0.6) is 0 Å². The van der Waals surface area contributed by atoms with Crippen LogP contribution in [0.4, 0.5) is 0 Å². The second-order valence-electron chi connectivity index (χ2n) is 7.86. The van der Waals surface area contributed by atoms with E-state index in [9.17, 15) is 0 Å². The highest BCUT2D eigenvalue weighted by molar-refractivity contribution is 9.08. The van der Waals surface area contributed by atoms with E-state index in [4.69, 9.17) is 0 Å². The summed E-state index contributed by atoms with van der Waals surface area (Å²) in [4.78, 5) is 0. The van der Waals surface area contributed by atoms with Gasteiger partial charge in [-0.15, -0.1) is 0 Å². The van der Waals surface area contributed by atoms with E-state index in [0.29, 0.717) is 5.92 Å². The van der Waals surface area contributed by atoms with Crippen LogP contribution in [-0.4, -0.2) is 3.59 Å². The molecule has 0 N–H and O–H groups in total. The Hall–Kier alpha value is -2.58. The van der Waals surface area contributed by atoms with Gasteiger partial charge in [0.15, 0.2) is 0 Å². The fourth-order valence-electron chi connectivity index (χ4n) is 5.04. The normalized spacial score (nSPS) is 21.8. The lowest BCUT2D eigenvalue weighted by Gasteiger charge is -2.29. The highest BCUT2D eigenvalue weighted by atomic mass is 79.9. The van der Waals surface area contributed by atoms with Crippen molar-refractivity contribution in [2.45, 2.75) is 24.7 Å². The first-order valence-electron chi connectivity index (χ1n) is 9.99. The summed E-state index contributed by atoms with van der Waals surface area (Å²) in [5, 5.41) is 2.65. The number of hydrogen-bond acceptors (Lipinski definition) is 0. The van der Waals surface area contributed by atoms with Gasteiger partial charge in [-0.3, -0.25) is 3.59 Å². The van der Waals surface area contributed by atoms with Crippen LogP contribution >= 0.6 is 16.1 Å². The summed E-state index contributed by atoms with van der Waals surface area (Å²) in [6.45, 7) is 0. The lowest BCUT2D eigenvalue weighted by molar-refractivity contribution is 0.737. The summed E-state index contributed by atoms with van der Waals surface area (Å²) in [6, 6.07) is 21.7. The van der Waals surface area contributed by atoms with Crippen molar-refractivity contribution in [3.05, 3.63) is 106 Å². The van der Waals surface area contributed by atoms with Crippen LogP contribution in [0.3, 0.4) is 0 Å². The van der Waals surface area contributed by atoms with Crippen molar-refractivity contribution < 1.29 is 0 Å². The maximum Gasteiger partial charge on any atom is 0.0577 e. The van der Waals surface area contributed by atoms with Crippen molar-refractivity contribution in [1.82, 2.24) is 3.59 Å². The van der Waals surface area contributed by atoms with Crippen LogP contribution < -0.4 is 10.7 Å². The predicted molar refractivity (Wildman–Crippen MR) is 120 cm³/mol. The minimum absolute atomic E-state index is 0.278. The van der Waals surface area contributed by atoms with Crippen LogP contribution in [0.15, 0.2) is 72.8 Å². The summed E-state index contributed by atoms with van der Waals surface area (Å²) in [5.74, 6) is 0.779. The smallest absolute Gasteiger partial charge is 0.0577 e. The Balaban J connectivity index is 1.67. The Morgan fingerprint density at radius 3 is 2.32 bits per heavy atom. The summed E-state index contributed by atoms with van der Waals surface area (Å²) >= 11 is 3.89. The van der Waals surface area contributed by atoms with Gasteiger partial charge in [-0.05, 0) is 46.8 Å². The first-order chi connectivity index (χ1) is 13.8. The van der Waals surface area contributed by atoms with Crippen molar-refractivity contribution in [2.75, 3.05) is 0 Å². The van der Waals surface area contributed by atoms with Crippen LogP contribution in [0.25, 0.3) is 23.3 Å². The zero-order chi connectivity index (χ0) is 18.7. The molecule has 0 spiro atoms. The molecule has 2 unspecified atom stereocenters. The number of rotatable bonds is 2. The lowest BCUT2D eigenvalue weighted by Crippen LogP contribution is -2.23. The molecule has 3 aromatic rings. The predicted octanol–water partition coefficient (Wildman–Crippen LogP) is 5.36. The molecule has 0 radical (unpaired) electrons. The maximum atomic E-state index is 3.89. The van der Waals surface area contributed by atoms with E-state index in [2.05, 4.69) is 105 Å². The van der Waals surface area contributed by atoms with Crippen LogP contribution in [0, 0.1) is 0 Å². The first-order valence-corrected chi connectivity index (χ1v) is 10.7. The number of aromatic nitrogens is 1. The fourth-order valence-corrected chi connectivity index (χ4v) is 5.67. The molecule has 1 aromatic heterocycles. The molecule has 3 aliphatic carbocycles. The molecule has 1 heterocycles. The molecule has 28 heavy (non-hydrogen) atoms. The van der Waals surface area contributed by atoms with Crippen molar-refractivity contribution in [2.24, 2.45) is 0 Å². The van der Waals surface area contributed by atoms with Crippen LogP contribution in [0.2, 0.25) is 0 Å². The third kappa shape index (κ3) is 2.31. The molecule has 0 saturated heterocycles. The quantitative estimate of drug-likeness (QED) is 0.520. The Labute approximate surface area is 173 Å². The molecular weight excluding hydrogens is 406 g/mol. The molecule has 2 atom stereocenters. The van der Waals surface area contributed by atoms with Crippen molar-refractivity contribution in [1.29, 1.82) is 0 Å². The molecule has 0 aliphatic heterocycles. The number of allylic oxidation sites excluding steroid dienone is 4. The van der Waals surface area contributed by atoms with Gasteiger partial charge in [-0.2, -0.15) is 0 Å². The summed E-state index contributed by atoms with van der Waals surface area (Å²) < 4.78 is 2.24. The topological polar surface area (TPSA) is 4.93 Å². The highest BCUT2D eigenvalue weighted by Crippen LogP contribution is 2.45. The Bertz CT molecular complexity index is 1260. The Morgan fingerprint density at radius 2 is 1.54 bits per heavy atom. The lowest BCUT2D eigenvalue weighted by atomic mass is 9.74. The van der Waals surface area contributed by atoms with E-state index in [1.54, 1.807) is 0 Å². The molecule has 0 amide bonds. The van der Waals surface area contributed by atoms with E-state index < -0.39 is 0 Å². The molecular formula is C26H20BrN. The third-order valence-electron chi connectivity index (χ3n) is 6.29. The van der Waals surface area contributed by atoms with Gasteiger partial charge < -0.3 is 0 Å². The molecule has 2 heteroatoms.